The van der Waals surface area contributed by atoms with E-state index in [1.165, 1.54) is 5.56 Å². The zero-order chi connectivity index (χ0) is 9.97. The zero-order valence-corrected chi connectivity index (χ0v) is 9.04. The van der Waals surface area contributed by atoms with Gasteiger partial charge < -0.3 is 0 Å². The minimum absolute atomic E-state index is 0.936. The lowest BCUT2D eigenvalue weighted by atomic mass is 10.1. The van der Waals surface area contributed by atoms with Gasteiger partial charge in [-0.2, -0.15) is 0 Å². The van der Waals surface area contributed by atoms with Crippen molar-refractivity contribution in [1.82, 2.24) is 0 Å². The van der Waals surface area contributed by atoms with E-state index in [4.69, 9.17) is 4.52 Å². The van der Waals surface area contributed by atoms with E-state index in [1.807, 2.05) is 31.5 Å². The lowest BCUT2D eigenvalue weighted by Crippen LogP contribution is -2.26. The predicted octanol–water partition coefficient (Wildman–Crippen LogP) is 2.49. The normalized spacial score (nSPS) is 10.4. The topological polar surface area (TPSA) is 17.0 Å². The Morgan fingerprint density at radius 2 is 1.93 bits per heavy atom. The van der Waals surface area contributed by atoms with Crippen molar-refractivity contribution in [2.75, 3.05) is 6.26 Å². The van der Waals surface area contributed by atoms with E-state index in [0.717, 1.165) is 10.8 Å². The second-order valence-electron chi connectivity index (χ2n) is 3.01. The molecule has 0 unspecified atom stereocenters. The Morgan fingerprint density at radius 1 is 1.21 bits per heavy atom. The summed E-state index contributed by atoms with van der Waals surface area (Å²) in [6.45, 7) is 0. The van der Waals surface area contributed by atoms with Gasteiger partial charge in [0, 0.05) is 0 Å². The van der Waals surface area contributed by atoms with E-state index < -0.39 is 0 Å². The van der Waals surface area contributed by atoms with Crippen LogP contribution in [0.25, 0.3) is 11.3 Å². The number of hydrogen-bond acceptors (Lipinski definition) is 2. The third-order valence-corrected chi connectivity index (χ3v) is 2.69. The zero-order valence-electron chi connectivity index (χ0n) is 8.23. The Hall–Kier alpha value is -1.22. The summed E-state index contributed by atoms with van der Waals surface area (Å²) in [5.74, 6) is 0. The summed E-state index contributed by atoms with van der Waals surface area (Å²) >= 11 is 1.61. The molecule has 14 heavy (non-hydrogen) atoms. The first-order valence-electron chi connectivity index (χ1n) is 4.41. The molecule has 2 nitrogen and oxygen atoms in total. The molecule has 2 rings (SSSR count). The van der Waals surface area contributed by atoms with E-state index in [0.29, 0.717) is 0 Å². The Morgan fingerprint density at radius 3 is 2.50 bits per heavy atom. The van der Waals surface area contributed by atoms with Crippen molar-refractivity contribution in [3.63, 3.8) is 0 Å². The van der Waals surface area contributed by atoms with Crippen molar-refractivity contribution in [3.05, 3.63) is 36.4 Å². The minimum Gasteiger partial charge on any atom is -0.229 e. The third-order valence-electron chi connectivity index (χ3n) is 2.09. The van der Waals surface area contributed by atoms with E-state index in [1.54, 1.807) is 16.5 Å². The molecule has 0 aliphatic carbocycles. The Balaban J connectivity index is 2.46. The van der Waals surface area contributed by atoms with Crippen LogP contribution in [-0.2, 0) is 7.05 Å². The van der Waals surface area contributed by atoms with Gasteiger partial charge in [0.1, 0.15) is 0 Å². The molecule has 0 aliphatic heterocycles. The highest BCUT2D eigenvalue weighted by Crippen LogP contribution is 2.21. The second kappa shape index (κ2) is 3.88. The molecule has 3 heteroatoms. The molecule has 2 aromatic rings. The monoisotopic (exact) mass is 206 g/mol. The summed E-state index contributed by atoms with van der Waals surface area (Å²) in [7, 11) is 1.92. The molecular weight excluding hydrogens is 194 g/mol. The van der Waals surface area contributed by atoms with Gasteiger partial charge in [0.05, 0.1) is 11.6 Å². The molecule has 0 fully saturated rings. The fraction of sp³-hybridized carbons (Fsp3) is 0.182. The summed E-state index contributed by atoms with van der Waals surface area (Å²) in [5, 5.41) is 0.936. The molecule has 0 atom stereocenters. The fourth-order valence-electron chi connectivity index (χ4n) is 1.38. The summed E-state index contributed by atoms with van der Waals surface area (Å²) in [5.41, 5.74) is 2.29. The van der Waals surface area contributed by atoms with Gasteiger partial charge in [-0.3, -0.25) is 0 Å². The van der Waals surface area contributed by atoms with E-state index >= 15 is 0 Å². The van der Waals surface area contributed by atoms with Crippen LogP contribution >= 0.6 is 11.8 Å². The first-order valence-corrected chi connectivity index (χ1v) is 5.63. The molecule has 72 valence electrons. The van der Waals surface area contributed by atoms with Gasteiger partial charge in [-0.25, -0.2) is 4.52 Å². The number of rotatable bonds is 2. The SMILES string of the molecule is CSc1cc(-c2ccccc2)[n+](C)o1. The largest absolute Gasteiger partial charge is 0.262 e. The molecule has 1 aromatic carbocycles. The van der Waals surface area contributed by atoms with Crippen LogP contribution in [-0.4, -0.2) is 6.26 Å². The molecule has 0 spiro atoms. The van der Waals surface area contributed by atoms with Crippen LogP contribution in [0.4, 0.5) is 0 Å². The van der Waals surface area contributed by atoms with Crippen molar-refractivity contribution in [1.29, 1.82) is 0 Å². The highest BCUT2D eigenvalue weighted by atomic mass is 32.2. The molecular formula is C11H12NOS+. The average Bonchev–Trinajstić information content (AvgIpc) is 2.61. The fourth-order valence-corrected chi connectivity index (χ4v) is 1.80. The minimum atomic E-state index is 0.936. The van der Waals surface area contributed by atoms with Crippen molar-refractivity contribution in [2.24, 2.45) is 7.05 Å². The number of benzene rings is 1. The van der Waals surface area contributed by atoms with Crippen molar-refractivity contribution < 1.29 is 9.26 Å². The standard InChI is InChI=1S/C11H12NOS/c1-12-10(8-11(13-12)14-2)9-6-4-3-5-7-9/h3-8H,1-2H3/q+1. The quantitative estimate of drug-likeness (QED) is 0.554. The van der Waals surface area contributed by atoms with E-state index in [-0.39, 0.29) is 0 Å². The number of nitrogens with zero attached hydrogens (tertiary/aromatic N) is 1. The molecule has 0 bridgehead atoms. The van der Waals surface area contributed by atoms with Crippen LogP contribution in [0.2, 0.25) is 0 Å². The lowest BCUT2D eigenvalue weighted by molar-refractivity contribution is -0.841. The predicted molar refractivity (Wildman–Crippen MR) is 57.1 cm³/mol. The maximum absolute atomic E-state index is 5.50. The van der Waals surface area contributed by atoms with Crippen molar-refractivity contribution in [2.45, 2.75) is 5.09 Å². The maximum Gasteiger partial charge on any atom is 0.262 e. The lowest BCUT2D eigenvalue weighted by Gasteiger charge is -1.89. The number of aryl methyl sites for hydroxylation is 1. The van der Waals surface area contributed by atoms with E-state index in [2.05, 4.69) is 18.2 Å². The maximum atomic E-state index is 5.50. The highest BCUT2D eigenvalue weighted by Gasteiger charge is 2.16. The van der Waals surface area contributed by atoms with Crippen molar-refractivity contribution >= 4 is 11.8 Å². The van der Waals surface area contributed by atoms with Crippen LogP contribution in [0.1, 0.15) is 0 Å². The van der Waals surface area contributed by atoms with E-state index in [9.17, 15) is 0 Å². The Bertz CT molecular complexity index is 422. The second-order valence-corrected chi connectivity index (χ2v) is 3.82. The van der Waals surface area contributed by atoms with Crippen LogP contribution < -0.4 is 4.74 Å². The number of hydrogen-bond donors (Lipinski definition) is 0. The van der Waals surface area contributed by atoms with Crippen LogP contribution in [0.5, 0.6) is 0 Å². The van der Waals surface area contributed by atoms with Crippen LogP contribution in [0.3, 0.4) is 0 Å². The van der Waals surface area contributed by atoms with Crippen LogP contribution in [0.15, 0.2) is 46.0 Å². The highest BCUT2D eigenvalue weighted by molar-refractivity contribution is 7.98. The molecule has 1 heterocycles. The Kier molecular flexibility index (Phi) is 2.59. The van der Waals surface area contributed by atoms with Gasteiger partial charge >= 0.3 is 0 Å². The van der Waals surface area contributed by atoms with Gasteiger partial charge in [0.15, 0.2) is 7.05 Å². The molecule has 0 radical (unpaired) electrons. The van der Waals surface area contributed by atoms with Gasteiger partial charge in [-0.1, -0.05) is 30.0 Å². The molecule has 0 aliphatic rings. The van der Waals surface area contributed by atoms with Crippen LogP contribution in [0, 0.1) is 0 Å². The average molecular weight is 206 g/mol. The third kappa shape index (κ3) is 1.68. The smallest absolute Gasteiger partial charge is 0.229 e. The number of aromatic nitrogens is 1. The number of thioether (sulfide) groups is 1. The molecule has 0 N–H and O–H groups in total. The summed E-state index contributed by atoms with van der Waals surface area (Å²) in [4.78, 5) is 0. The first kappa shape index (κ1) is 9.34. The van der Waals surface area contributed by atoms with Gasteiger partial charge in [0.25, 0.3) is 5.69 Å². The molecule has 0 amide bonds. The van der Waals surface area contributed by atoms with Gasteiger partial charge in [0.2, 0.25) is 5.09 Å². The Labute approximate surface area is 87.5 Å². The summed E-state index contributed by atoms with van der Waals surface area (Å²) < 4.78 is 7.29. The summed E-state index contributed by atoms with van der Waals surface area (Å²) in [6.07, 6.45) is 2.01. The first-order chi connectivity index (χ1) is 6.81. The molecule has 0 saturated carbocycles. The molecule has 0 saturated heterocycles. The molecule has 1 aromatic heterocycles. The van der Waals surface area contributed by atoms with Gasteiger partial charge in [-0.15, -0.1) is 0 Å². The van der Waals surface area contributed by atoms with Gasteiger partial charge in [-0.05, 0) is 23.1 Å². The summed E-state index contributed by atoms with van der Waals surface area (Å²) in [6, 6.07) is 12.3. The van der Waals surface area contributed by atoms with Crippen molar-refractivity contribution in [3.8, 4) is 11.3 Å².